The second kappa shape index (κ2) is 6.04. The number of carbonyl (C=O) groups is 1. The van der Waals surface area contributed by atoms with Gasteiger partial charge in [0.2, 0.25) is 0 Å². The summed E-state index contributed by atoms with van der Waals surface area (Å²) in [5.41, 5.74) is 2.35. The Kier molecular flexibility index (Phi) is 3.79. The molecule has 27 heavy (non-hydrogen) atoms. The SMILES string of the molecule is Cc1cc2c(cc1-c1cnc(NC(=O)c3occc3C)cn1)OC(F)(F)O2. The highest BCUT2D eigenvalue weighted by molar-refractivity contribution is 6.02. The summed E-state index contributed by atoms with van der Waals surface area (Å²) >= 11 is 0. The van der Waals surface area contributed by atoms with E-state index in [1.165, 1.54) is 30.8 Å². The number of fused-ring (bicyclic) bond motifs is 1. The topological polar surface area (TPSA) is 86.5 Å². The van der Waals surface area contributed by atoms with Crippen LogP contribution in [-0.4, -0.2) is 22.2 Å². The van der Waals surface area contributed by atoms with Crippen molar-refractivity contribution in [1.29, 1.82) is 0 Å². The molecule has 1 aliphatic heterocycles. The molecule has 138 valence electrons. The van der Waals surface area contributed by atoms with E-state index in [9.17, 15) is 13.6 Å². The van der Waals surface area contributed by atoms with Gasteiger partial charge in [0.15, 0.2) is 23.1 Å². The minimum Gasteiger partial charge on any atom is -0.459 e. The van der Waals surface area contributed by atoms with Crippen molar-refractivity contribution < 1.29 is 27.5 Å². The number of rotatable bonds is 3. The van der Waals surface area contributed by atoms with Crippen LogP contribution in [0.1, 0.15) is 21.7 Å². The minimum absolute atomic E-state index is 0.0353. The number of ether oxygens (including phenoxy) is 2. The number of furan rings is 1. The van der Waals surface area contributed by atoms with Gasteiger partial charge >= 0.3 is 6.29 Å². The molecule has 9 heteroatoms. The number of halogens is 2. The van der Waals surface area contributed by atoms with Gasteiger partial charge in [0.05, 0.1) is 24.4 Å². The normalized spacial score (nSPS) is 14.2. The van der Waals surface area contributed by atoms with Gasteiger partial charge in [-0.1, -0.05) is 0 Å². The predicted octanol–water partition coefficient (Wildman–Crippen LogP) is 3.93. The Morgan fingerprint density at radius 1 is 1.07 bits per heavy atom. The molecule has 7 nitrogen and oxygen atoms in total. The number of hydrogen-bond donors (Lipinski definition) is 1. The molecule has 0 bridgehead atoms. The van der Waals surface area contributed by atoms with Gasteiger partial charge < -0.3 is 19.2 Å². The van der Waals surface area contributed by atoms with E-state index in [0.717, 1.165) is 0 Å². The standard InChI is InChI=1S/C18H13F2N3O4/c1-9-3-4-25-16(9)17(24)23-15-8-21-12(7-22-15)11-6-14-13(5-10(11)2)26-18(19,20)27-14/h3-8H,1-2H3,(H,22,23,24). The van der Waals surface area contributed by atoms with Crippen LogP contribution in [0.2, 0.25) is 0 Å². The molecular formula is C18H13F2N3O4. The van der Waals surface area contributed by atoms with E-state index in [1.807, 2.05) is 0 Å². The van der Waals surface area contributed by atoms with Crippen molar-refractivity contribution in [2.24, 2.45) is 0 Å². The summed E-state index contributed by atoms with van der Waals surface area (Å²) in [6, 6.07) is 4.54. The first-order valence-electron chi connectivity index (χ1n) is 7.91. The number of aromatic nitrogens is 2. The van der Waals surface area contributed by atoms with E-state index in [1.54, 1.807) is 19.9 Å². The lowest BCUT2D eigenvalue weighted by atomic mass is 10.1. The van der Waals surface area contributed by atoms with Crippen molar-refractivity contribution in [2.45, 2.75) is 20.1 Å². The van der Waals surface area contributed by atoms with Gasteiger partial charge in [0.1, 0.15) is 0 Å². The smallest absolute Gasteiger partial charge is 0.459 e. The van der Waals surface area contributed by atoms with Crippen LogP contribution in [0, 0.1) is 13.8 Å². The summed E-state index contributed by atoms with van der Waals surface area (Å²) in [6.45, 7) is 3.48. The third kappa shape index (κ3) is 3.19. The number of hydrogen-bond acceptors (Lipinski definition) is 6. The van der Waals surface area contributed by atoms with Crippen molar-refractivity contribution in [3.05, 3.63) is 53.7 Å². The number of anilines is 1. The van der Waals surface area contributed by atoms with Crippen LogP contribution in [0.15, 0.2) is 41.3 Å². The minimum atomic E-state index is -3.68. The maximum absolute atomic E-state index is 13.2. The molecule has 1 aliphatic rings. The Balaban J connectivity index is 1.57. The average Bonchev–Trinajstić information content (AvgIpc) is 3.16. The monoisotopic (exact) mass is 373 g/mol. The third-order valence-corrected chi connectivity index (χ3v) is 3.99. The fourth-order valence-electron chi connectivity index (χ4n) is 2.68. The van der Waals surface area contributed by atoms with Gasteiger partial charge in [0, 0.05) is 11.1 Å². The summed E-state index contributed by atoms with van der Waals surface area (Å²) < 4.78 is 40.4. The molecule has 3 aromatic rings. The lowest BCUT2D eigenvalue weighted by Gasteiger charge is -2.08. The van der Waals surface area contributed by atoms with E-state index in [-0.39, 0.29) is 23.1 Å². The zero-order valence-corrected chi connectivity index (χ0v) is 14.2. The van der Waals surface area contributed by atoms with Crippen LogP contribution in [0.3, 0.4) is 0 Å². The molecule has 4 rings (SSSR count). The number of nitrogens with one attached hydrogen (secondary N) is 1. The fourth-order valence-corrected chi connectivity index (χ4v) is 2.68. The maximum Gasteiger partial charge on any atom is 0.586 e. The Hall–Kier alpha value is -3.49. The molecular weight excluding hydrogens is 360 g/mol. The van der Waals surface area contributed by atoms with E-state index in [0.29, 0.717) is 22.4 Å². The number of nitrogens with zero attached hydrogens (tertiary/aromatic N) is 2. The molecule has 0 saturated carbocycles. The first-order chi connectivity index (χ1) is 12.8. The van der Waals surface area contributed by atoms with E-state index in [2.05, 4.69) is 24.8 Å². The molecule has 0 radical (unpaired) electrons. The van der Waals surface area contributed by atoms with Gasteiger partial charge in [0.25, 0.3) is 5.91 Å². The summed E-state index contributed by atoms with van der Waals surface area (Å²) in [5.74, 6) is -0.140. The van der Waals surface area contributed by atoms with E-state index < -0.39 is 12.2 Å². The van der Waals surface area contributed by atoms with Crippen molar-refractivity contribution in [1.82, 2.24) is 9.97 Å². The second-order valence-corrected chi connectivity index (χ2v) is 5.96. The van der Waals surface area contributed by atoms with Gasteiger partial charge in [-0.25, -0.2) is 4.98 Å². The van der Waals surface area contributed by atoms with Gasteiger partial charge in [-0.15, -0.1) is 8.78 Å². The number of aryl methyl sites for hydroxylation is 2. The Bertz CT molecular complexity index is 1030. The molecule has 0 spiro atoms. The predicted molar refractivity (Wildman–Crippen MR) is 89.8 cm³/mol. The highest BCUT2D eigenvalue weighted by Crippen LogP contribution is 2.44. The summed E-state index contributed by atoms with van der Waals surface area (Å²) in [5, 5.41) is 2.58. The highest BCUT2D eigenvalue weighted by Gasteiger charge is 2.43. The van der Waals surface area contributed by atoms with Crippen molar-refractivity contribution in [3.8, 4) is 22.8 Å². The lowest BCUT2D eigenvalue weighted by molar-refractivity contribution is -0.286. The van der Waals surface area contributed by atoms with E-state index in [4.69, 9.17) is 4.42 Å². The van der Waals surface area contributed by atoms with Crippen molar-refractivity contribution >= 4 is 11.7 Å². The molecule has 0 unspecified atom stereocenters. The largest absolute Gasteiger partial charge is 0.586 e. The maximum atomic E-state index is 13.2. The summed E-state index contributed by atoms with van der Waals surface area (Å²) in [6.07, 6.45) is 0.527. The van der Waals surface area contributed by atoms with Crippen LogP contribution in [-0.2, 0) is 0 Å². The first-order valence-corrected chi connectivity index (χ1v) is 7.91. The number of benzene rings is 1. The lowest BCUT2D eigenvalue weighted by Crippen LogP contribution is -2.25. The molecule has 3 heterocycles. The summed E-state index contributed by atoms with van der Waals surface area (Å²) in [7, 11) is 0. The Morgan fingerprint density at radius 2 is 1.81 bits per heavy atom. The zero-order valence-electron chi connectivity index (χ0n) is 14.2. The molecule has 2 aromatic heterocycles. The molecule has 1 amide bonds. The van der Waals surface area contributed by atoms with Crippen LogP contribution < -0.4 is 14.8 Å². The molecule has 1 N–H and O–H groups in total. The fraction of sp³-hybridized carbons (Fsp3) is 0.167. The quantitative estimate of drug-likeness (QED) is 0.749. The Labute approximate surface area is 152 Å². The zero-order chi connectivity index (χ0) is 19.2. The molecule has 1 aromatic carbocycles. The van der Waals surface area contributed by atoms with Crippen LogP contribution in [0.4, 0.5) is 14.6 Å². The number of amides is 1. The second-order valence-electron chi connectivity index (χ2n) is 5.96. The van der Waals surface area contributed by atoms with Crippen molar-refractivity contribution in [2.75, 3.05) is 5.32 Å². The average molecular weight is 373 g/mol. The molecule has 0 atom stereocenters. The van der Waals surface area contributed by atoms with Gasteiger partial charge in [-0.3, -0.25) is 9.78 Å². The van der Waals surface area contributed by atoms with Crippen LogP contribution >= 0.6 is 0 Å². The number of carbonyl (C=O) groups excluding carboxylic acids is 1. The van der Waals surface area contributed by atoms with Crippen LogP contribution in [0.5, 0.6) is 11.5 Å². The van der Waals surface area contributed by atoms with Gasteiger partial charge in [-0.2, -0.15) is 0 Å². The first kappa shape index (κ1) is 17.0. The number of alkyl halides is 2. The van der Waals surface area contributed by atoms with E-state index >= 15 is 0 Å². The van der Waals surface area contributed by atoms with Crippen LogP contribution in [0.25, 0.3) is 11.3 Å². The van der Waals surface area contributed by atoms with Gasteiger partial charge in [-0.05, 0) is 37.6 Å². The third-order valence-electron chi connectivity index (χ3n) is 3.99. The summed E-state index contributed by atoms with van der Waals surface area (Å²) in [4.78, 5) is 20.5. The Morgan fingerprint density at radius 3 is 2.44 bits per heavy atom. The highest BCUT2D eigenvalue weighted by atomic mass is 19.3. The molecule has 0 aliphatic carbocycles. The molecule has 0 fully saturated rings. The van der Waals surface area contributed by atoms with Crippen molar-refractivity contribution in [3.63, 3.8) is 0 Å². The molecule has 0 saturated heterocycles.